The number of aromatic nitrogens is 2. The average Bonchev–Trinajstić information content (AvgIpc) is 2.35. The molecule has 1 atom stereocenters. The van der Waals surface area contributed by atoms with Crippen molar-refractivity contribution in [2.45, 2.75) is 12.6 Å². The van der Waals surface area contributed by atoms with Crippen molar-refractivity contribution in [3.63, 3.8) is 0 Å². The van der Waals surface area contributed by atoms with E-state index >= 15 is 0 Å². The molecule has 0 aromatic carbocycles. The summed E-state index contributed by atoms with van der Waals surface area (Å²) in [5.74, 6) is 0. The van der Waals surface area contributed by atoms with E-state index in [9.17, 15) is 5.11 Å². The van der Waals surface area contributed by atoms with Crippen LogP contribution in [0.25, 0.3) is 0 Å². The molecule has 62 valence electrons. The van der Waals surface area contributed by atoms with Gasteiger partial charge in [-0.05, 0) is 22.6 Å². The molecule has 0 saturated heterocycles. The zero-order valence-electron chi connectivity index (χ0n) is 5.74. The second-order valence-electron chi connectivity index (χ2n) is 2.19. The summed E-state index contributed by atoms with van der Waals surface area (Å²) in [7, 11) is 0. The van der Waals surface area contributed by atoms with E-state index in [1.165, 1.54) is 0 Å². The van der Waals surface area contributed by atoms with E-state index in [1.807, 2.05) is 6.20 Å². The van der Waals surface area contributed by atoms with E-state index in [1.54, 1.807) is 10.9 Å². The van der Waals surface area contributed by atoms with Crippen LogP contribution in [0.2, 0.25) is 0 Å². The summed E-state index contributed by atoms with van der Waals surface area (Å²) in [6, 6.07) is 0. The summed E-state index contributed by atoms with van der Waals surface area (Å²) in [6.45, 7) is 0.550. The highest BCUT2D eigenvalue weighted by molar-refractivity contribution is 14.1. The van der Waals surface area contributed by atoms with Gasteiger partial charge in [0.05, 0.1) is 22.4 Å². The Morgan fingerprint density at radius 1 is 1.82 bits per heavy atom. The fourth-order valence-electron chi connectivity index (χ4n) is 0.703. The molecule has 5 heteroatoms. The monoisotopic (exact) mass is 330 g/mol. The molecule has 0 aliphatic rings. The minimum absolute atomic E-state index is 0.356. The molecule has 0 amide bonds. The number of alkyl halides is 1. The fraction of sp³-hybridized carbons (Fsp3) is 0.500. The van der Waals surface area contributed by atoms with Gasteiger partial charge in [0.2, 0.25) is 0 Å². The quantitative estimate of drug-likeness (QED) is 0.669. The Morgan fingerprint density at radius 3 is 3.00 bits per heavy atom. The highest BCUT2D eigenvalue weighted by atomic mass is 127. The van der Waals surface area contributed by atoms with Crippen molar-refractivity contribution in [2.75, 3.05) is 5.33 Å². The first-order valence-corrected chi connectivity index (χ1v) is 5.34. The Labute approximate surface area is 87.1 Å². The van der Waals surface area contributed by atoms with Crippen LogP contribution in [-0.4, -0.2) is 26.3 Å². The summed E-state index contributed by atoms with van der Waals surface area (Å²) in [6.07, 6.45) is 3.30. The van der Waals surface area contributed by atoms with Gasteiger partial charge in [-0.1, -0.05) is 15.9 Å². The lowest BCUT2D eigenvalue weighted by atomic mass is 10.4. The van der Waals surface area contributed by atoms with E-state index < -0.39 is 0 Å². The molecule has 1 aromatic heterocycles. The summed E-state index contributed by atoms with van der Waals surface area (Å²) in [5.41, 5.74) is 0. The molecule has 1 rings (SSSR count). The van der Waals surface area contributed by atoms with Crippen molar-refractivity contribution in [3.05, 3.63) is 16.0 Å². The normalized spacial score (nSPS) is 13.4. The van der Waals surface area contributed by atoms with Crippen LogP contribution in [-0.2, 0) is 6.54 Å². The molecule has 1 unspecified atom stereocenters. The number of hydrogen-bond donors (Lipinski definition) is 1. The van der Waals surface area contributed by atoms with Gasteiger partial charge in [0.25, 0.3) is 0 Å². The summed E-state index contributed by atoms with van der Waals surface area (Å²) in [4.78, 5) is 0. The number of hydrogen-bond acceptors (Lipinski definition) is 2. The van der Waals surface area contributed by atoms with Gasteiger partial charge in [0, 0.05) is 11.5 Å². The lowest BCUT2D eigenvalue weighted by molar-refractivity contribution is 0.174. The van der Waals surface area contributed by atoms with Gasteiger partial charge in [-0.25, -0.2) is 0 Å². The zero-order chi connectivity index (χ0) is 8.27. The van der Waals surface area contributed by atoms with Gasteiger partial charge in [-0.3, -0.25) is 4.68 Å². The number of aliphatic hydroxyl groups excluding tert-OH is 1. The minimum atomic E-state index is -0.356. The van der Waals surface area contributed by atoms with E-state index in [0.29, 0.717) is 11.9 Å². The van der Waals surface area contributed by atoms with Crippen molar-refractivity contribution in [3.8, 4) is 0 Å². The maximum atomic E-state index is 9.21. The highest BCUT2D eigenvalue weighted by Gasteiger charge is 2.02. The maximum Gasteiger partial charge on any atom is 0.0832 e. The molecule has 11 heavy (non-hydrogen) atoms. The average molecular weight is 331 g/mol. The molecule has 0 spiro atoms. The van der Waals surface area contributed by atoms with Crippen LogP contribution in [0.4, 0.5) is 0 Å². The van der Waals surface area contributed by atoms with Crippen molar-refractivity contribution < 1.29 is 5.11 Å². The van der Waals surface area contributed by atoms with Gasteiger partial charge < -0.3 is 5.11 Å². The predicted octanol–water partition coefficient (Wildman–Crippen LogP) is 1.24. The Kier molecular flexibility index (Phi) is 3.80. The van der Waals surface area contributed by atoms with Crippen LogP contribution in [0.1, 0.15) is 0 Å². The summed E-state index contributed by atoms with van der Waals surface area (Å²) >= 11 is 5.37. The van der Waals surface area contributed by atoms with Gasteiger partial charge in [0.15, 0.2) is 0 Å². The van der Waals surface area contributed by atoms with Crippen LogP contribution in [0, 0.1) is 3.57 Å². The third-order valence-corrected chi connectivity index (χ3v) is 2.48. The van der Waals surface area contributed by atoms with Crippen molar-refractivity contribution in [2.24, 2.45) is 0 Å². The SMILES string of the molecule is OC(CBr)Cn1cc(I)cn1. The number of aliphatic hydroxyl groups is 1. The third kappa shape index (κ3) is 3.08. The molecule has 3 nitrogen and oxygen atoms in total. The topological polar surface area (TPSA) is 38.0 Å². The van der Waals surface area contributed by atoms with Crippen LogP contribution < -0.4 is 0 Å². The molecule has 1 heterocycles. The lowest BCUT2D eigenvalue weighted by Gasteiger charge is -2.05. The first-order valence-electron chi connectivity index (χ1n) is 3.14. The number of halogens is 2. The highest BCUT2D eigenvalue weighted by Crippen LogP contribution is 2.02. The second kappa shape index (κ2) is 4.42. The molecule has 0 radical (unpaired) electrons. The van der Waals surface area contributed by atoms with Gasteiger partial charge in [-0.15, -0.1) is 0 Å². The van der Waals surface area contributed by atoms with Crippen LogP contribution in [0.5, 0.6) is 0 Å². The molecule has 0 aliphatic carbocycles. The molecular weight excluding hydrogens is 323 g/mol. The van der Waals surface area contributed by atoms with Gasteiger partial charge in [0.1, 0.15) is 0 Å². The largest absolute Gasteiger partial charge is 0.390 e. The lowest BCUT2D eigenvalue weighted by Crippen LogP contribution is -2.17. The Balaban J connectivity index is 2.50. The number of rotatable bonds is 3. The molecule has 0 aliphatic heterocycles. The zero-order valence-corrected chi connectivity index (χ0v) is 9.49. The van der Waals surface area contributed by atoms with E-state index in [0.717, 1.165) is 3.57 Å². The van der Waals surface area contributed by atoms with E-state index in [4.69, 9.17) is 0 Å². The molecule has 1 N–H and O–H groups in total. The maximum absolute atomic E-state index is 9.21. The Morgan fingerprint density at radius 2 is 2.55 bits per heavy atom. The van der Waals surface area contributed by atoms with Crippen molar-refractivity contribution in [1.82, 2.24) is 9.78 Å². The molecule has 0 saturated carbocycles. The van der Waals surface area contributed by atoms with Crippen molar-refractivity contribution in [1.29, 1.82) is 0 Å². The summed E-state index contributed by atoms with van der Waals surface area (Å²) < 4.78 is 2.82. The smallest absolute Gasteiger partial charge is 0.0832 e. The first-order chi connectivity index (χ1) is 5.22. The van der Waals surface area contributed by atoms with Crippen molar-refractivity contribution >= 4 is 38.5 Å². The Hall–Kier alpha value is 0.380. The molecule has 0 bridgehead atoms. The fourth-order valence-corrected chi connectivity index (χ4v) is 1.35. The second-order valence-corrected chi connectivity index (χ2v) is 4.08. The predicted molar refractivity (Wildman–Crippen MR) is 54.7 cm³/mol. The molecule has 0 fully saturated rings. The standard InChI is InChI=1S/C6H8BrIN2O/c7-1-6(11)4-10-3-5(8)2-9-10/h2-3,6,11H,1,4H2. The third-order valence-electron chi connectivity index (χ3n) is 1.18. The molecular formula is C6H8BrIN2O. The molecule has 1 aromatic rings. The summed E-state index contributed by atoms with van der Waals surface area (Å²) in [5, 5.41) is 13.8. The Bertz CT molecular complexity index is 228. The van der Waals surface area contributed by atoms with E-state index in [2.05, 4.69) is 43.6 Å². The van der Waals surface area contributed by atoms with Gasteiger partial charge >= 0.3 is 0 Å². The minimum Gasteiger partial charge on any atom is -0.390 e. The van der Waals surface area contributed by atoms with E-state index in [-0.39, 0.29) is 6.10 Å². The van der Waals surface area contributed by atoms with Crippen LogP contribution in [0.15, 0.2) is 12.4 Å². The number of nitrogens with zero attached hydrogens (tertiary/aromatic N) is 2. The van der Waals surface area contributed by atoms with Crippen LogP contribution in [0.3, 0.4) is 0 Å². The van der Waals surface area contributed by atoms with Gasteiger partial charge in [-0.2, -0.15) is 5.10 Å². The first kappa shape index (κ1) is 9.47. The van der Waals surface area contributed by atoms with Crippen LogP contribution >= 0.6 is 38.5 Å².